The van der Waals surface area contributed by atoms with Crippen LogP contribution in [0, 0.1) is 0 Å². The van der Waals surface area contributed by atoms with Crippen molar-refractivity contribution in [3.63, 3.8) is 0 Å². The second-order valence-corrected chi connectivity index (χ2v) is 17.4. The molecule has 7 nitrogen and oxygen atoms in total. The third-order valence-corrected chi connectivity index (χ3v) is 11.0. The second-order valence-electron chi connectivity index (χ2n) is 15.8. The number of phosphoric acid groups is 1. The van der Waals surface area contributed by atoms with E-state index in [0.717, 1.165) is 52.2 Å². The summed E-state index contributed by atoms with van der Waals surface area (Å²) in [6, 6.07) is 0. The molecule has 0 aromatic heterocycles. The van der Waals surface area contributed by atoms with E-state index < -0.39 is 7.82 Å². The van der Waals surface area contributed by atoms with Gasteiger partial charge in [-0.25, -0.2) is 4.57 Å². The first-order valence-electron chi connectivity index (χ1n) is 22.3. The van der Waals surface area contributed by atoms with Gasteiger partial charge in [-0.2, -0.15) is 0 Å². The smallest absolute Gasteiger partial charge is 0.462 e. The summed E-state index contributed by atoms with van der Waals surface area (Å²) in [6.45, 7) is 5.92. The fourth-order valence-corrected chi connectivity index (χ4v) is 6.86. The number of carbonyl (C=O) groups is 1. The molecule has 0 heterocycles. The van der Waals surface area contributed by atoms with Gasteiger partial charge in [0.05, 0.1) is 27.1 Å². The zero-order valence-corrected chi connectivity index (χ0v) is 36.9. The van der Waals surface area contributed by atoms with Gasteiger partial charge in [0.15, 0.2) is 0 Å². The molecule has 0 saturated heterocycles. The molecule has 0 aromatic rings. The van der Waals surface area contributed by atoms with Gasteiger partial charge in [0.2, 0.25) is 0 Å². The van der Waals surface area contributed by atoms with Crippen LogP contribution in [0.1, 0.15) is 194 Å². The minimum atomic E-state index is -3.97. The number of unbranched alkanes of at least 4 members (excludes halogenated alkanes) is 18. The molecule has 0 aliphatic rings. The van der Waals surface area contributed by atoms with Crippen molar-refractivity contribution >= 4 is 13.8 Å². The molecule has 1 N–H and O–H groups in total. The lowest BCUT2D eigenvalue weighted by atomic mass is 10.0. The molecule has 0 saturated carbocycles. The molecular formula is C46H87NO6P+. The number of nitrogens with zero attached hydrogens (tertiary/aromatic N) is 1. The topological polar surface area (TPSA) is 82.1 Å². The van der Waals surface area contributed by atoms with E-state index in [1.807, 2.05) is 14.1 Å². The Morgan fingerprint density at radius 1 is 0.593 bits per heavy atom. The Morgan fingerprint density at radius 3 is 1.43 bits per heavy atom. The van der Waals surface area contributed by atoms with Crippen LogP contribution in [0.25, 0.3) is 0 Å². The lowest BCUT2D eigenvalue weighted by Gasteiger charge is -2.29. The molecule has 0 bridgehead atoms. The third-order valence-electron chi connectivity index (χ3n) is 10.1. The number of carbonyl (C=O) groups excluding carboxylic acids is 1. The Balaban J connectivity index is 4.41. The average Bonchev–Trinajstić information content (AvgIpc) is 3.14. The van der Waals surface area contributed by atoms with E-state index >= 15 is 0 Å². The highest BCUT2D eigenvalue weighted by atomic mass is 31.2. The standard InChI is InChI=1S/C46H86NO6P/c1-6-8-10-12-14-16-18-20-22-24-26-28-30-32-34-36-39-45(53-46(48)41-38-42-47(3,4)43-44-52-54(49,50)51-5)40-37-35-33-31-29-27-25-23-21-19-17-15-13-11-9-7-2/h14-17,20-23,45H,6-13,18-19,24-44H2,1-5H3/p+1/b16-14-,17-15-,22-20-,23-21-. The minimum Gasteiger partial charge on any atom is -0.462 e. The second kappa shape index (κ2) is 38.4. The number of hydrogen-bond acceptors (Lipinski definition) is 5. The Bertz CT molecular complexity index is 959. The van der Waals surface area contributed by atoms with Crippen molar-refractivity contribution in [2.45, 2.75) is 200 Å². The Labute approximate surface area is 334 Å². The van der Waals surface area contributed by atoms with Crippen molar-refractivity contribution in [2.75, 3.05) is 40.9 Å². The van der Waals surface area contributed by atoms with Gasteiger partial charge in [-0.05, 0) is 89.9 Å². The van der Waals surface area contributed by atoms with Crippen LogP contribution in [0.5, 0.6) is 0 Å². The maximum absolute atomic E-state index is 12.9. The van der Waals surface area contributed by atoms with E-state index in [4.69, 9.17) is 9.26 Å². The van der Waals surface area contributed by atoms with Crippen LogP contribution in [-0.2, 0) is 23.1 Å². The third kappa shape index (κ3) is 38.8. The van der Waals surface area contributed by atoms with Crippen LogP contribution in [0.3, 0.4) is 0 Å². The molecule has 0 spiro atoms. The number of likely N-dealkylation sites (N-methyl/N-ethyl adjacent to an activating group) is 1. The molecule has 0 aliphatic carbocycles. The predicted octanol–water partition coefficient (Wildman–Crippen LogP) is 13.9. The normalized spacial score (nSPS) is 13.8. The highest BCUT2D eigenvalue weighted by Gasteiger charge is 2.22. The van der Waals surface area contributed by atoms with Crippen molar-refractivity contribution in [2.24, 2.45) is 0 Å². The molecule has 0 aliphatic heterocycles. The quantitative estimate of drug-likeness (QED) is 0.0219. The summed E-state index contributed by atoms with van der Waals surface area (Å²) in [5, 5.41) is 0. The molecule has 316 valence electrons. The van der Waals surface area contributed by atoms with Gasteiger partial charge >= 0.3 is 13.8 Å². The van der Waals surface area contributed by atoms with E-state index in [1.54, 1.807) is 0 Å². The number of quaternary nitrogens is 1. The van der Waals surface area contributed by atoms with Gasteiger partial charge in [-0.15, -0.1) is 0 Å². The Morgan fingerprint density at radius 2 is 1.00 bits per heavy atom. The predicted molar refractivity (Wildman–Crippen MR) is 232 cm³/mol. The summed E-state index contributed by atoms with van der Waals surface area (Å²) in [6.07, 6.45) is 51.2. The van der Waals surface area contributed by atoms with Crippen LogP contribution >= 0.6 is 7.82 Å². The van der Waals surface area contributed by atoms with Crippen molar-refractivity contribution in [1.82, 2.24) is 0 Å². The molecule has 0 rings (SSSR count). The van der Waals surface area contributed by atoms with Crippen molar-refractivity contribution in [3.8, 4) is 0 Å². The molecule has 0 aromatic carbocycles. The largest absolute Gasteiger partial charge is 0.472 e. The van der Waals surface area contributed by atoms with E-state index in [1.165, 1.54) is 128 Å². The number of ether oxygens (including phenoxy) is 1. The molecule has 8 heteroatoms. The van der Waals surface area contributed by atoms with Crippen LogP contribution in [-0.4, -0.2) is 62.4 Å². The summed E-state index contributed by atoms with van der Waals surface area (Å²) >= 11 is 0. The van der Waals surface area contributed by atoms with Gasteiger partial charge < -0.3 is 14.1 Å². The molecule has 54 heavy (non-hydrogen) atoms. The number of allylic oxidation sites excluding steroid dienone is 8. The maximum atomic E-state index is 12.9. The SMILES string of the molecule is CCCCC/C=C\C/C=C\CCCCCCCCC(CCCCCCCC/C=C\C/C=C\CCCCC)OC(=O)CCC[N+](C)(C)CCOP(=O)(O)OC. The first-order chi connectivity index (χ1) is 26.2. The molecule has 0 amide bonds. The summed E-state index contributed by atoms with van der Waals surface area (Å²) in [5.41, 5.74) is 0. The first kappa shape index (κ1) is 52.5. The molecule has 0 radical (unpaired) electrons. The molecule has 0 fully saturated rings. The number of hydrogen-bond donors (Lipinski definition) is 1. The van der Waals surface area contributed by atoms with Gasteiger partial charge in [0.1, 0.15) is 19.3 Å². The lowest BCUT2D eigenvalue weighted by molar-refractivity contribution is -0.890. The minimum absolute atomic E-state index is 0.0119. The van der Waals surface area contributed by atoms with E-state index in [-0.39, 0.29) is 18.7 Å². The summed E-state index contributed by atoms with van der Waals surface area (Å²) in [5.74, 6) is -0.101. The molecule has 1 unspecified atom stereocenters. The van der Waals surface area contributed by atoms with Crippen molar-refractivity contribution < 1.29 is 32.5 Å². The Hall–Kier alpha value is -1.50. The van der Waals surface area contributed by atoms with Crippen LogP contribution in [0.4, 0.5) is 0 Å². The first-order valence-corrected chi connectivity index (χ1v) is 23.8. The van der Waals surface area contributed by atoms with Crippen molar-refractivity contribution in [3.05, 3.63) is 48.6 Å². The fraction of sp³-hybridized carbons (Fsp3) is 0.804. The maximum Gasteiger partial charge on any atom is 0.472 e. The summed E-state index contributed by atoms with van der Waals surface area (Å²) in [7, 11) is 1.26. The van der Waals surface area contributed by atoms with Crippen molar-refractivity contribution in [1.29, 1.82) is 0 Å². The van der Waals surface area contributed by atoms with Crippen LogP contribution < -0.4 is 0 Å². The summed E-state index contributed by atoms with van der Waals surface area (Å²) in [4.78, 5) is 22.4. The Kier molecular flexibility index (Phi) is 37.3. The van der Waals surface area contributed by atoms with E-state index in [2.05, 4.69) is 67.0 Å². The van der Waals surface area contributed by atoms with Gasteiger partial charge in [0.25, 0.3) is 0 Å². The fourth-order valence-electron chi connectivity index (χ4n) is 6.45. The number of phosphoric ester groups is 1. The highest BCUT2D eigenvalue weighted by Crippen LogP contribution is 2.41. The van der Waals surface area contributed by atoms with Gasteiger partial charge in [0, 0.05) is 13.5 Å². The monoisotopic (exact) mass is 781 g/mol. The molecular weight excluding hydrogens is 693 g/mol. The average molecular weight is 781 g/mol. The highest BCUT2D eigenvalue weighted by molar-refractivity contribution is 7.47. The zero-order valence-electron chi connectivity index (χ0n) is 36.0. The molecule has 1 atom stereocenters. The number of esters is 1. The zero-order chi connectivity index (χ0) is 39.9. The van der Waals surface area contributed by atoms with Gasteiger partial charge in [-0.1, -0.05) is 140 Å². The van der Waals surface area contributed by atoms with E-state index in [9.17, 15) is 14.3 Å². The summed E-state index contributed by atoms with van der Waals surface area (Å²) < 4.78 is 27.7. The van der Waals surface area contributed by atoms with E-state index in [0.29, 0.717) is 23.9 Å². The van der Waals surface area contributed by atoms with Crippen LogP contribution in [0.15, 0.2) is 48.6 Å². The lowest BCUT2D eigenvalue weighted by Crippen LogP contribution is -2.43. The van der Waals surface area contributed by atoms with Gasteiger partial charge in [-0.3, -0.25) is 13.8 Å². The number of rotatable bonds is 40. The van der Waals surface area contributed by atoms with Crippen LogP contribution in [0.2, 0.25) is 0 Å².